The standard InChI is InChI=1S/C13H16ClN3O3S/c1-17-13(12(14)8-15-17)21(19,20)16-11(9-18)7-10-5-3-2-4-6-10/h2-6,8,11,16,18H,7,9H2,1H3. The highest BCUT2D eigenvalue weighted by atomic mass is 35.5. The molecule has 0 radical (unpaired) electrons. The van der Waals surface area contributed by atoms with Gasteiger partial charge in [-0.15, -0.1) is 0 Å². The van der Waals surface area contributed by atoms with Crippen LogP contribution in [-0.4, -0.2) is 36.0 Å². The van der Waals surface area contributed by atoms with E-state index < -0.39 is 16.1 Å². The van der Waals surface area contributed by atoms with Crippen LogP contribution in [0.1, 0.15) is 5.56 Å². The Morgan fingerprint density at radius 2 is 2.05 bits per heavy atom. The third-order valence-corrected chi connectivity index (χ3v) is 4.99. The van der Waals surface area contributed by atoms with Gasteiger partial charge in [-0.1, -0.05) is 41.9 Å². The second-order valence-corrected chi connectivity index (χ2v) is 6.65. The van der Waals surface area contributed by atoms with E-state index in [1.165, 1.54) is 17.9 Å². The summed E-state index contributed by atoms with van der Waals surface area (Å²) in [5.41, 5.74) is 0.926. The van der Waals surface area contributed by atoms with Crippen LogP contribution in [0.2, 0.25) is 5.02 Å². The van der Waals surface area contributed by atoms with Gasteiger partial charge in [0, 0.05) is 13.1 Å². The van der Waals surface area contributed by atoms with Crippen LogP contribution in [0.25, 0.3) is 0 Å². The van der Waals surface area contributed by atoms with Gasteiger partial charge >= 0.3 is 0 Å². The minimum atomic E-state index is -3.85. The first-order valence-electron chi connectivity index (χ1n) is 6.28. The Labute approximate surface area is 128 Å². The summed E-state index contributed by atoms with van der Waals surface area (Å²) in [6.45, 7) is -0.316. The molecule has 2 rings (SSSR count). The van der Waals surface area contributed by atoms with E-state index in [2.05, 4.69) is 9.82 Å². The largest absolute Gasteiger partial charge is 0.395 e. The van der Waals surface area contributed by atoms with Crippen LogP contribution < -0.4 is 4.72 Å². The Kier molecular flexibility index (Phi) is 5.00. The first kappa shape index (κ1) is 16.0. The maximum atomic E-state index is 12.3. The lowest BCUT2D eigenvalue weighted by Crippen LogP contribution is -2.39. The predicted octanol–water partition coefficient (Wildman–Crippen LogP) is 0.955. The number of aliphatic hydroxyl groups excluding tert-OH is 1. The highest BCUT2D eigenvalue weighted by Crippen LogP contribution is 2.20. The van der Waals surface area contributed by atoms with Crippen LogP contribution in [0.3, 0.4) is 0 Å². The Balaban J connectivity index is 2.18. The number of aryl methyl sites for hydroxylation is 1. The molecule has 0 spiro atoms. The van der Waals surface area contributed by atoms with E-state index in [-0.39, 0.29) is 16.7 Å². The fourth-order valence-electron chi connectivity index (χ4n) is 2.02. The van der Waals surface area contributed by atoms with Gasteiger partial charge in [0.25, 0.3) is 10.0 Å². The van der Waals surface area contributed by atoms with Crippen molar-refractivity contribution < 1.29 is 13.5 Å². The van der Waals surface area contributed by atoms with Crippen molar-refractivity contribution in [2.45, 2.75) is 17.5 Å². The Morgan fingerprint density at radius 1 is 1.38 bits per heavy atom. The van der Waals surface area contributed by atoms with Gasteiger partial charge in [-0.25, -0.2) is 13.1 Å². The van der Waals surface area contributed by atoms with Crippen molar-refractivity contribution in [2.24, 2.45) is 7.05 Å². The molecule has 2 N–H and O–H groups in total. The number of benzene rings is 1. The van der Waals surface area contributed by atoms with E-state index in [0.717, 1.165) is 5.56 Å². The zero-order valence-electron chi connectivity index (χ0n) is 11.4. The highest BCUT2D eigenvalue weighted by molar-refractivity contribution is 7.89. The number of nitrogens with one attached hydrogen (secondary N) is 1. The third kappa shape index (κ3) is 3.82. The van der Waals surface area contributed by atoms with Crippen molar-refractivity contribution in [3.8, 4) is 0 Å². The minimum absolute atomic E-state index is 0.0430. The Bertz CT molecular complexity index is 681. The van der Waals surface area contributed by atoms with E-state index in [1.807, 2.05) is 30.3 Å². The number of rotatable bonds is 6. The highest BCUT2D eigenvalue weighted by Gasteiger charge is 2.25. The van der Waals surface area contributed by atoms with Crippen LogP contribution in [0.15, 0.2) is 41.6 Å². The quantitative estimate of drug-likeness (QED) is 0.826. The van der Waals surface area contributed by atoms with Gasteiger partial charge in [-0.05, 0) is 12.0 Å². The molecule has 0 fully saturated rings. The maximum absolute atomic E-state index is 12.3. The second-order valence-electron chi connectivity index (χ2n) is 4.61. The average molecular weight is 330 g/mol. The topological polar surface area (TPSA) is 84.2 Å². The van der Waals surface area contributed by atoms with E-state index in [9.17, 15) is 13.5 Å². The number of nitrogens with zero attached hydrogens (tertiary/aromatic N) is 2. The van der Waals surface area contributed by atoms with Crippen LogP contribution in [0.5, 0.6) is 0 Å². The molecule has 2 aromatic rings. The van der Waals surface area contributed by atoms with Gasteiger partial charge in [-0.3, -0.25) is 4.68 Å². The molecule has 1 heterocycles. The second kappa shape index (κ2) is 6.57. The van der Waals surface area contributed by atoms with Gasteiger partial charge in [0.2, 0.25) is 0 Å². The Morgan fingerprint density at radius 3 is 2.57 bits per heavy atom. The number of aliphatic hydroxyl groups is 1. The maximum Gasteiger partial charge on any atom is 0.259 e. The molecular weight excluding hydrogens is 314 g/mol. The summed E-state index contributed by atoms with van der Waals surface area (Å²) >= 11 is 5.85. The van der Waals surface area contributed by atoms with E-state index in [4.69, 9.17) is 11.6 Å². The molecular formula is C13H16ClN3O3S. The predicted molar refractivity (Wildman–Crippen MR) is 79.6 cm³/mol. The molecule has 1 unspecified atom stereocenters. The normalized spacial score (nSPS) is 13.3. The number of halogens is 1. The lowest BCUT2D eigenvalue weighted by molar-refractivity contribution is 0.256. The summed E-state index contributed by atoms with van der Waals surface area (Å²) in [5, 5.41) is 13.1. The molecule has 1 aromatic heterocycles. The fourth-order valence-corrected chi connectivity index (χ4v) is 3.90. The summed E-state index contributed by atoms with van der Waals surface area (Å²) in [7, 11) is -2.36. The monoisotopic (exact) mass is 329 g/mol. The molecule has 21 heavy (non-hydrogen) atoms. The number of hydrogen-bond acceptors (Lipinski definition) is 4. The number of aromatic nitrogens is 2. The number of hydrogen-bond donors (Lipinski definition) is 2. The van der Waals surface area contributed by atoms with Crippen LogP contribution in [0, 0.1) is 0 Å². The van der Waals surface area contributed by atoms with Gasteiger partial charge in [0.05, 0.1) is 17.8 Å². The zero-order valence-corrected chi connectivity index (χ0v) is 13.0. The first-order valence-corrected chi connectivity index (χ1v) is 8.15. The van der Waals surface area contributed by atoms with Crippen molar-refractivity contribution in [2.75, 3.05) is 6.61 Å². The summed E-state index contributed by atoms with van der Waals surface area (Å²) in [4.78, 5) is 0. The molecule has 114 valence electrons. The van der Waals surface area contributed by atoms with Crippen molar-refractivity contribution in [3.05, 3.63) is 47.1 Å². The van der Waals surface area contributed by atoms with Crippen molar-refractivity contribution in [1.82, 2.24) is 14.5 Å². The van der Waals surface area contributed by atoms with Crippen molar-refractivity contribution in [3.63, 3.8) is 0 Å². The summed E-state index contributed by atoms with van der Waals surface area (Å²) in [6.07, 6.45) is 1.65. The smallest absolute Gasteiger partial charge is 0.259 e. The molecule has 0 saturated carbocycles. The Hall–Kier alpha value is -1.41. The van der Waals surface area contributed by atoms with Crippen LogP contribution >= 0.6 is 11.6 Å². The first-order chi connectivity index (χ1) is 9.94. The van der Waals surface area contributed by atoms with E-state index in [0.29, 0.717) is 6.42 Å². The molecule has 0 aliphatic heterocycles. The molecule has 0 aliphatic rings. The zero-order chi connectivity index (χ0) is 15.5. The van der Waals surface area contributed by atoms with E-state index >= 15 is 0 Å². The SMILES string of the molecule is Cn1ncc(Cl)c1S(=O)(=O)NC(CO)Cc1ccccc1. The average Bonchev–Trinajstić information content (AvgIpc) is 2.79. The van der Waals surface area contributed by atoms with Gasteiger partial charge in [0.15, 0.2) is 5.03 Å². The molecule has 0 aliphatic carbocycles. The molecule has 0 saturated heterocycles. The number of sulfonamides is 1. The van der Waals surface area contributed by atoms with Crippen molar-refractivity contribution >= 4 is 21.6 Å². The van der Waals surface area contributed by atoms with Crippen LogP contribution in [0.4, 0.5) is 0 Å². The molecule has 0 bridgehead atoms. The molecule has 1 atom stereocenters. The lowest BCUT2D eigenvalue weighted by atomic mass is 10.1. The van der Waals surface area contributed by atoms with Crippen LogP contribution in [-0.2, 0) is 23.5 Å². The molecule has 8 heteroatoms. The summed E-state index contributed by atoms with van der Waals surface area (Å²) in [5.74, 6) is 0. The van der Waals surface area contributed by atoms with Gasteiger partial charge in [0.1, 0.15) is 0 Å². The van der Waals surface area contributed by atoms with E-state index in [1.54, 1.807) is 0 Å². The molecule has 6 nitrogen and oxygen atoms in total. The van der Waals surface area contributed by atoms with Gasteiger partial charge in [-0.2, -0.15) is 5.10 Å². The summed E-state index contributed by atoms with van der Waals surface area (Å²) < 4.78 is 28.3. The lowest BCUT2D eigenvalue weighted by Gasteiger charge is -2.16. The molecule has 0 amide bonds. The fraction of sp³-hybridized carbons (Fsp3) is 0.308. The van der Waals surface area contributed by atoms with Gasteiger partial charge < -0.3 is 5.11 Å². The minimum Gasteiger partial charge on any atom is -0.395 e. The molecule has 1 aromatic carbocycles. The van der Waals surface area contributed by atoms with Crippen molar-refractivity contribution in [1.29, 1.82) is 0 Å². The summed E-state index contributed by atoms with van der Waals surface area (Å²) in [6, 6.07) is 8.69. The third-order valence-electron chi connectivity index (χ3n) is 2.96.